The molecule has 1 aromatic heterocycles. The lowest BCUT2D eigenvalue weighted by Crippen LogP contribution is -2.52. The molecule has 0 radical (unpaired) electrons. The van der Waals surface area contributed by atoms with Crippen LogP contribution in [0, 0.1) is 0 Å². The first-order valence-corrected chi connectivity index (χ1v) is 7.42. The first-order valence-electron chi connectivity index (χ1n) is 7.42. The molecule has 2 aliphatic heterocycles. The normalized spacial score (nSPS) is 23.6. The van der Waals surface area contributed by atoms with Gasteiger partial charge in [0.05, 0.1) is 29.9 Å². The SMILES string of the molecule is CCOC1CCN(C(=O)C2Cc3nc[nH]c3CN2)CC1. The lowest BCUT2D eigenvalue weighted by atomic mass is 10.0. The van der Waals surface area contributed by atoms with Crippen LogP contribution in [0.3, 0.4) is 0 Å². The third kappa shape index (κ3) is 2.71. The fourth-order valence-corrected chi connectivity index (χ4v) is 3.04. The average molecular weight is 278 g/mol. The molecule has 6 nitrogen and oxygen atoms in total. The van der Waals surface area contributed by atoms with E-state index in [1.807, 2.05) is 11.8 Å². The van der Waals surface area contributed by atoms with Crippen LogP contribution >= 0.6 is 0 Å². The highest BCUT2D eigenvalue weighted by atomic mass is 16.5. The highest BCUT2D eigenvalue weighted by molar-refractivity contribution is 5.82. The van der Waals surface area contributed by atoms with Gasteiger partial charge in [-0.25, -0.2) is 4.98 Å². The van der Waals surface area contributed by atoms with Crippen LogP contribution in [0.25, 0.3) is 0 Å². The predicted molar refractivity (Wildman–Crippen MR) is 74.1 cm³/mol. The first kappa shape index (κ1) is 13.6. The Kier molecular flexibility index (Phi) is 4.03. The molecule has 110 valence electrons. The zero-order valence-electron chi connectivity index (χ0n) is 11.9. The number of aromatic amines is 1. The Labute approximate surface area is 118 Å². The second-order valence-corrected chi connectivity index (χ2v) is 5.45. The molecule has 0 aromatic carbocycles. The smallest absolute Gasteiger partial charge is 0.240 e. The van der Waals surface area contributed by atoms with Crippen LogP contribution in [0.15, 0.2) is 6.33 Å². The maximum atomic E-state index is 12.5. The average Bonchev–Trinajstić information content (AvgIpc) is 2.95. The Morgan fingerprint density at radius 2 is 2.30 bits per heavy atom. The monoisotopic (exact) mass is 278 g/mol. The van der Waals surface area contributed by atoms with Crippen LogP contribution in [0.4, 0.5) is 0 Å². The molecule has 1 saturated heterocycles. The number of piperidine rings is 1. The van der Waals surface area contributed by atoms with Crippen molar-refractivity contribution in [2.75, 3.05) is 19.7 Å². The summed E-state index contributed by atoms with van der Waals surface area (Å²) >= 11 is 0. The van der Waals surface area contributed by atoms with E-state index in [4.69, 9.17) is 4.74 Å². The van der Waals surface area contributed by atoms with Gasteiger partial charge in [-0.1, -0.05) is 0 Å². The van der Waals surface area contributed by atoms with E-state index < -0.39 is 0 Å². The number of fused-ring (bicyclic) bond motifs is 1. The number of amides is 1. The van der Waals surface area contributed by atoms with Crippen LogP contribution in [-0.4, -0.2) is 52.6 Å². The van der Waals surface area contributed by atoms with E-state index in [1.165, 1.54) is 0 Å². The van der Waals surface area contributed by atoms with Crippen molar-refractivity contribution < 1.29 is 9.53 Å². The summed E-state index contributed by atoms with van der Waals surface area (Å²) in [5.41, 5.74) is 2.12. The first-order chi connectivity index (χ1) is 9.78. The van der Waals surface area contributed by atoms with Crippen molar-refractivity contribution in [1.82, 2.24) is 20.2 Å². The van der Waals surface area contributed by atoms with Gasteiger partial charge in [-0.15, -0.1) is 0 Å². The van der Waals surface area contributed by atoms with Gasteiger partial charge in [0.15, 0.2) is 0 Å². The van der Waals surface area contributed by atoms with E-state index in [1.54, 1.807) is 6.33 Å². The van der Waals surface area contributed by atoms with Gasteiger partial charge in [0.2, 0.25) is 5.91 Å². The molecule has 2 aliphatic rings. The lowest BCUT2D eigenvalue weighted by Gasteiger charge is -2.35. The topological polar surface area (TPSA) is 70.2 Å². The standard InChI is InChI=1S/C14H22N4O2/c1-2-20-10-3-5-18(6-4-10)14(19)12-7-11-13(8-15-12)17-9-16-11/h9-10,12,15H,2-8H2,1H3,(H,16,17). The third-order valence-electron chi connectivity index (χ3n) is 4.18. The summed E-state index contributed by atoms with van der Waals surface area (Å²) in [6.45, 7) is 5.07. The molecule has 1 unspecified atom stereocenters. The maximum Gasteiger partial charge on any atom is 0.240 e. The summed E-state index contributed by atoms with van der Waals surface area (Å²) in [5, 5.41) is 3.30. The van der Waals surface area contributed by atoms with Crippen LogP contribution in [-0.2, 0) is 22.5 Å². The number of rotatable bonds is 3. The molecule has 1 amide bonds. The minimum atomic E-state index is -0.130. The summed E-state index contributed by atoms with van der Waals surface area (Å²) in [6, 6.07) is -0.130. The molecule has 0 saturated carbocycles. The van der Waals surface area contributed by atoms with E-state index in [9.17, 15) is 4.79 Å². The molecule has 1 fully saturated rings. The summed E-state index contributed by atoms with van der Waals surface area (Å²) in [5.74, 6) is 0.202. The fourth-order valence-electron chi connectivity index (χ4n) is 3.04. The molecule has 0 bridgehead atoms. The van der Waals surface area contributed by atoms with Gasteiger partial charge < -0.3 is 14.6 Å². The lowest BCUT2D eigenvalue weighted by molar-refractivity contribution is -0.136. The number of nitrogens with zero attached hydrogens (tertiary/aromatic N) is 2. The Hall–Kier alpha value is -1.40. The minimum absolute atomic E-state index is 0.130. The van der Waals surface area contributed by atoms with E-state index in [2.05, 4.69) is 15.3 Å². The van der Waals surface area contributed by atoms with E-state index in [0.29, 0.717) is 19.1 Å². The minimum Gasteiger partial charge on any atom is -0.378 e. The number of H-pyrrole nitrogens is 1. The quantitative estimate of drug-likeness (QED) is 0.842. The van der Waals surface area contributed by atoms with Gasteiger partial charge in [0, 0.05) is 32.7 Å². The number of nitrogens with one attached hydrogen (secondary N) is 2. The zero-order valence-corrected chi connectivity index (χ0v) is 11.9. The summed E-state index contributed by atoms with van der Waals surface area (Å²) < 4.78 is 5.62. The molecule has 3 rings (SSSR count). The van der Waals surface area contributed by atoms with Gasteiger partial charge in [0.1, 0.15) is 0 Å². The van der Waals surface area contributed by atoms with Crippen LogP contribution in [0.1, 0.15) is 31.2 Å². The van der Waals surface area contributed by atoms with Crippen LogP contribution in [0.2, 0.25) is 0 Å². The molecule has 2 N–H and O–H groups in total. The Morgan fingerprint density at radius 1 is 1.50 bits per heavy atom. The number of hydrogen-bond acceptors (Lipinski definition) is 4. The van der Waals surface area contributed by atoms with Crippen molar-refractivity contribution in [2.24, 2.45) is 0 Å². The molecule has 0 spiro atoms. The number of likely N-dealkylation sites (tertiary alicyclic amines) is 1. The maximum absolute atomic E-state index is 12.5. The van der Waals surface area contributed by atoms with E-state index >= 15 is 0 Å². The molecular formula is C14H22N4O2. The van der Waals surface area contributed by atoms with Gasteiger partial charge in [-0.3, -0.25) is 10.1 Å². The fraction of sp³-hybridized carbons (Fsp3) is 0.714. The summed E-state index contributed by atoms with van der Waals surface area (Å²) in [6.07, 6.45) is 4.59. The third-order valence-corrected chi connectivity index (χ3v) is 4.18. The second-order valence-electron chi connectivity index (χ2n) is 5.45. The molecule has 0 aliphatic carbocycles. The largest absolute Gasteiger partial charge is 0.378 e. The second kappa shape index (κ2) is 5.93. The molecule has 20 heavy (non-hydrogen) atoms. The number of hydrogen-bond donors (Lipinski definition) is 2. The number of aromatic nitrogens is 2. The molecule has 3 heterocycles. The number of carbonyl (C=O) groups is 1. The highest BCUT2D eigenvalue weighted by Crippen LogP contribution is 2.18. The Bertz CT molecular complexity index is 465. The highest BCUT2D eigenvalue weighted by Gasteiger charge is 2.31. The van der Waals surface area contributed by atoms with E-state index in [-0.39, 0.29) is 11.9 Å². The van der Waals surface area contributed by atoms with Gasteiger partial charge in [0.25, 0.3) is 0 Å². The number of ether oxygens (including phenoxy) is 1. The van der Waals surface area contributed by atoms with Crippen molar-refractivity contribution in [2.45, 2.75) is 44.9 Å². The van der Waals surface area contributed by atoms with Crippen molar-refractivity contribution >= 4 is 5.91 Å². The summed E-state index contributed by atoms with van der Waals surface area (Å²) in [7, 11) is 0. The Morgan fingerprint density at radius 3 is 3.05 bits per heavy atom. The molecule has 1 aromatic rings. The predicted octanol–water partition coefficient (Wildman–Crippen LogP) is 0.452. The van der Waals surface area contributed by atoms with Crippen molar-refractivity contribution in [3.63, 3.8) is 0 Å². The zero-order chi connectivity index (χ0) is 13.9. The van der Waals surface area contributed by atoms with Crippen molar-refractivity contribution in [3.05, 3.63) is 17.7 Å². The van der Waals surface area contributed by atoms with Gasteiger partial charge >= 0.3 is 0 Å². The van der Waals surface area contributed by atoms with Gasteiger partial charge in [-0.2, -0.15) is 0 Å². The van der Waals surface area contributed by atoms with Crippen molar-refractivity contribution in [1.29, 1.82) is 0 Å². The van der Waals surface area contributed by atoms with Crippen LogP contribution < -0.4 is 5.32 Å². The van der Waals surface area contributed by atoms with Crippen molar-refractivity contribution in [3.8, 4) is 0 Å². The molecular weight excluding hydrogens is 256 g/mol. The van der Waals surface area contributed by atoms with E-state index in [0.717, 1.165) is 43.9 Å². The molecule has 6 heteroatoms. The number of carbonyl (C=O) groups excluding carboxylic acids is 1. The summed E-state index contributed by atoms with van der Waals surface area (Å²) in [4.78, 5) is 21.9. The molecule has 1 atom stereocenters. The van der Waals surface area contributed by atoms with Crippen LogP contribution in [0.5, 0.6) is 0 Å². The van der Waals surface area contributed by atoms with Gasteiger partial charge in [-0.05, 0) is 19.8 Å². The Balaban J connectivity index is 1.55. The number of imidazole rings is 1.